The number of anilines is 1. The molecule has 0 unspecified atom stereocenters. The smallest absolute Gasteiger partial charge is 0.274 e. The molecule has 1 saturated heterocycles. The summed E-state index contributed by atoms with van der Waals surface area (Å²) < 4.78 is 0. The van der Waals surface area contributed by atoms with Crippen LogP contribution in [-0.2, 0) is 9.59 Å². The van der Waals surface area contributed by atoms with Gasteiger partial charge in [-0.15, -0.1) is 0 Å². The minimum Gasteiger partial charge on any atom is -0.274 e. The number of benzene rings is 1. The molecule has 0 N–H and O–H groups in total. The number of amides is 2. The van der Waals surface area contributed by atoms with E-state index in [4.69, 9.17) is 0 Å². The van der Waals surface area contributed by atoms with E-state index >= 15 is 0 Å². The number of nitro benzene ring substituents is 1. The molecule has 1 aliphatic heterocycles. The summed E-state index contributed by atoms with van der Waals surface area (Å²) in [6.45, 7) is 0. The maximum Gasteiger partial charge on any atom is 0.293 e. The Bertz CT molecular complexity index is 467. The second-order valence-corrected chi connectivity index (χ2v) is 3.37. The van der Waals surface area contributed by atoms with Gasteiger partial charge in [-0.1, -0.05) is 12.1 Å². The summed E-state index contributed by atoms with van der Waals surface area (Å²) in [5, 5.41) is 10.7. The van der Waals surface area contributed by atoms with E-state index in [1.807, 2.05) is 0 Å². The van der Waals surface area contributed by atoms with Crippen molar-refractivity contribution in [3.05, 3.63) is 34.4 Å². The van der Waals surface area contributed by atoms with Crippen LogP contribution in [0.2, 0.25) is 0 Å². The van der Waals surface area contributed by atoms with E-state index < -0.39 is 4.92 Å². The van der Waals surface area contributed by atoms with Gasteiger partial charge in [0.1, 0.15) is 5.69 Å². The largest absolute Gasteiger partial charge is 0.293 e. The monoisotopic (exact) mass is 220 g/mol. The lowest BCUT2D eigenvalue weighted by Gasteiger charge is -2.13. The Labute approximate surface area is 90.6 Å². The van der Waals surface area contributed by atoms with Crippen molar-refractivity contribution in [2.45, 2.75) is 12.8 Å². The van der Waals surface area contributed by atoms with Crippen molar-refractivity contribution in [2.24, 2.45) is 0 Å². The maximum atomic E-state index is 11.4. The Morgan fingerprint density at radius 3 is 2.25 bits per heavy atom. The molecule has 0 aliphatic carbocycles. The van der Waals surface area contributed by atoms with Gasteiger partial charge < -0.3 is 0 Å². The lowest BCUT2D eigenvalue weighted by Crippen LogP contribution is -2.29. The summed E-state index contributed by atoms with van der Waals surface area (Å²) in [7, 11) is 0. The molecule has 0 bridgehead atoms. The average molecular weight is 220 g/mol. The lowest BCUT2D eigenvalue weighted by atomic mass is 10.2. The summed E-state index contributed by atoms with van der Waals surface area (Å²) in [6, 6.07) is 5.72. The van der Waals surface area contributed by atoms with Crippen molar-refractivity contribution in [3.8, 4) is 0 Å². The second-order valence-electron chi connectivity index (χ2n) is 3.37. The van der Waals surface area contributed by atoms with Crippen LogP contribution in [0.4, 0.5) is 11.4 Å². The van der Waals surface area contributed by atoms with Gasteiger partial charge in [-0.25, -0.2) is 4.90 Å². The molecular weight excluding hydrogens is 212 g/mol. The molecule has 0 saturated carbocycles. The van der Waals surface area contributed by atoms with Crippen LogP contribution in [0, 0.1) is 10.1 Å². The number of hydrogen-bond acceptors (Lipinski definition) is 4. The minimum atomic E-state index is -0.603. The van der Waals surface area contributed by atoms with Crippen LogP contribution in [-0.4, -0.2) is 16.7 Å². The highest BCUT2D eigenvalue weighted by Crippen LogP contribution is 2.31. The fraction of sp³-hybridized carbons (Fsp3) is 0.200. The van der Waals surface area contributed by atoms with Crippen molar-refractivity contribution >= 4 is 23.2 Å². The number of nitrogens with zero attached hydrogens (tertiary/aromatic N) is 2. The van der Waals surface area contributed by atoms with Gasteiger partial charge in [-0.3, -0.25) is 19.7 Å². The van der Waals surface area contributed by atoms with E-state index in [1.54, 1.807) is 6.07 Å². The summed E-state index contributed by atoms with van der Waals surface area (Å²) in [6.07, 6.45) is 0.232. The fourth-order valence-electron chi connectivity index (χ4n) is 1.65. The molecule has 82 valence electrons. The molecule has 0 spiro atoms. The Balaban J connectivity index is 2.51. The van der Waals surface area contributed by atoms with Crippen LogP contribution in [0.15, 0.2) is 24.3 Å². The predicted octanol–water partition coefficient (Wildman–Crippen LogP) is 1.25. The molecule has 1 aromatic carbocycles. The third-order valence-corrected chi connectivity index (χ3v) is 2.37. The summed E-state index contributed by atoms with van der Waals surface area (Å²) in [4.78, 5) is 33.9. The van der Waals surface area contributed by atoms with Crippen molar-refractivity contribution in [2.75, 3.05) is 4.90 Å². The quantitative estimate of drug-likeness (QED) is 0.426. The third kappa shape index (κ3) is 1.54. The molecule has 1 fully saturated rings. The fourth-order valence-corrected chi connectivity index (χ4v) is 1.65. The number of nitro groups is 1. The zero-order chi connectivity index (χ0) is 11.7. The van der Waals surface area contributed by atoms with E-state index in [9.17, 15) is 19.7 Å². The molecule has 2 amide bonds. The Morgan fingerprint density at radius 2 is 1.69 bits per heavy atom. The van der Waals surface area contributed by atoms with Gasteiger partial charge >= 0.3 is 0 Å². The summed E-state index contributed by atoms with van der Waals surface area (Å²) in [5.41, 5.74) is -0.175. The molecular formula is C10H8N2O4. The number of hydrogen-bond donors (Lipinski definition) is 0. The summed E-state index contributed by atoms with van der Waals surface area (Å²) >= 11 is 0. The highest BCUT2D eigenvalue weighted by atomic mass is 16.6. The van der Waals surface area contributed by atoms with Crippen LogP contribution in [0.5, 0.6) is 0 Å². The van der Waals surface area contributed by atoms with Gasteiger partial charge in [-0.05, 0) is 6.07 Å². The van der Waals surface area contributed by atoms with E-state index in [1.165, 1.54) is 18.2 Å². The average Bonchev–Trinajstić information content (AvgIpc) is 2.58. The first kappa shape index (κ1) is 10.3. The molecule has 1 heterocycles. The molecule has 0 atom stereocenters. The van der Waals surface area contributed by atoms with Crippen molar-refractivity contribution < 1.29 is 14.5 Å². The first-order valence-corrected chi connectivity index (χ1v) is 4.70. The van der Waals surface area contributed by atoms with E-state index in [2.05, 4.69) is 0 Å². The molecule has 0 radical (unpaired) electrons. The molecule has 16 heavy (non-hydrogen) atoms. The maximum absolute atomic E-state index is 11.4. The Morgan fingerprint density at radius 1 is 1.12 bits per heavy atom. The zero-order valence-electron chi connectivity index (χ0n) is 8.25. The zero-order valence-corrected chi connectivity index (χ0v) is 8.25. The summed E-state index contributed by atoms with van der Waals surface area (Å²) in [5.74, 6) is -0.779. The van der Waals surface area contributed by atoms with Crippen molar-refractivity contribution in [1.82, 2.24) is 0 Å². The van der Waals surface area contributed by atoms with Crippen LogP contribution in [0.25, 0.3) is 0 Å². The predicted molar refractivity (Wildman–Crippen MR) is 54.8 cm³/mol. The van der Waals surface area contributed by atoms with Crippen LogP contribution in [0.3, 0.4) is 0 Å². The lowest BCUT2D eigenvalue weighted by molar-refractivity contribution is -0.384. The van der Waals surface area contributed by atoms with Gasteiger partial charge in [0.2, 0.25) is 11.8 Å². The van der Waals surface area contributed by atoms with Crippen molar-refractivity contribution in [3.63, 3.8) is 0 Å². The van der Waals surface area contributed by atoms with Gasteiger partial charge in [-0.2, -0.15) is 0 Å². The van der Waals surface area contributed by atoms with Gasteiger partial charge in [0.25, 0.3) is 5.69 Å². The number of imide groups is 1. The molecule has 0 aromatic heterocycles. The van der Waals surface area contributed by atoms with E-state index in [0.717, 1.165) is 4.90 Å². The first-order chi connectivity index (χ1) is 7.61. The van der Waals surface area contributed by atoms with Crippen LogP contribution in [0.1, 0.15) is 12.8 Å². The Hall–Kier alpha value is -2.24. The highest BCUT2D eigenvalue weighted by molar-refractivity contribution is 6.20. The topological polar surface area (TPSA) is 80.5 Å². The highest BCUT2D eigenvalue weighted by Gasteiger charge is 2.34. The van der Waals surface area contributed by atoms with Gasteiger partial charge in [0, 0.05) is 18.9 Å². The van der Waals surface area contributed by atoms with Gasteiger partial charge in [0.05, 0.1) is 4.92 Å². The van der Waals surface area contributed by atoms with Crippen LogP contribution < -0.4 is 4.90 Å². The first-order valence-electron chi connectivity index (χ1n) is 4.70. The number of para-hydroxylation sites is 2. The minimum absolute atomic E-state index is 0.0556. The van der Waals surface area contributed by atoms with Crippen molar-refractivity contribution in [1.29, 1.82) is 0 Å². The van der Waals surface area contributed by atoms with Gasteiger partial charge in [0.15, 0.2) is 0 Å². The third-order valence-electron chi connectivity index (χ3n) is 2.37. The van der Waals surface area contributed by atoms with Crippen LogP contribution >= 0.6 is 0 Å². The normalized spacial score (nSPS) is 15.6. The molecule has 2 rings (SSSR count). The molecule has 6 heteroatoms. The molecule has 1 aromatic rings. The molecule has 6 nitrogen and oxygen atoms in total. The Kier molecular flexibility index (Phi) is 2.40. The number of carbonyl (C=O) groups is 2. The van der Waals surface area contributed by atoms with E-state index in [-0.39, 0.29) is 36.0 Å². The number of rotatable bonds is 2. The SMILES string of the molecule is O=C1CCC(=O)N1c1ccccc1[N+](=O)[O-]. The molecule has 1 aliphatic rings. The van der Waals surface area contributed by atoms with E-state index in [0.29, 0.717) is 0 Å². The standard InChI is InChI=1S/C10H8N2O4/c13-9-5-6-10(14)11(9)7-3-1-2-4-8(7)12(15)16/h1-4H,5-6H2. The second kappa shape index (κ2) is 3.73. The number of carbonyl (C=O) groups excluding carboxylic acids is 2.